The second kappa shape index (κ2) is 8.88. The first-order chi connectivity index (χ1) is 12.4. The van der Waals surface area contributed by atoms with Crippen molar-refractivity contribution < 1.29 is 14.6 Å². The molecule has 0 atom stereocenters. The number of phenols is 1. The van der Waals surface area contributed by atoms with Crippen molar-refractivity contribution in [3.8, 4) is 17.6 Å². The average molecular weight is 480 g/mol. The van der Waals surface area contributed by atoms with E-state index in [0.29, 0.717) is 20.2 Å². The third-order valence-corrected chi connectivity index (χ3v) is 5.84. The van der Waals surface area contributed by atoms with Crippen LogP contribution in [0, 0.1) is 11.3 Å². The van der Waals surface area contributed by atoms with Crippen molar-refractivity contribution in [2.75, 3.05) is 12.4 Å². The summed E-state index contributed by atoms with van der Waals surface area (Å²) in [6.07, 6.45) is 2.33. The van der Waals surface area contributed by atoms with Crippen LogP contribution in [0.1, 0.15) is 18.1 Å². The van der Waals surface area contributed by atoms with Crippen molar-refractivity contribution in [3.05, 3.63) is 56.0 Å². The van der Waals surface area contributed by atoms with E-state index in [9.17, 15) is 15.2 Å². The number of halogens is 2. The summed E-state index contributed by atoms with van der Waals surface area (Å²) < 4.78 is 5.98. The first-order valence-electron chi connectivity index (χ1n) is 7.68. The molecular weight excluding hydrogens is 464 g/mol. The molecule has 0 bridgehead atoms. The Hall–Kier alpha value is -2.30. The molecule has 0 saturated carbocycles. The molecule has 0 aliphatic carbocycles. The molecule has 5 nitrogen and oxygen atoms in total. The Labute approximate surface area is 168 Å². The smallest absolute Gasteiger partial charge is 0.266 e. The van der Waals surface area contributed by atoms with E-state index in [-0.39, 0.29) is 17.1 Å². The molecule has 134 valence electrons. The predicted octanol–water partition coefficient (Wildman–Crippen LogP) is 5.03. The van der Waals surface area contributed by atoms with Crippen LogP contribution in [0.15, 0.2) is 44.9 Å². The van der Waals surface area contributed by atoms with E-state index < -0.39 is 5.91 Å². The first kappa shape index (κ1) is 20.0. The van der Waals surface area contributed by atoms with Gasteiger partial charge in [0, 0.05) is 10.2 Å². The molecule has 1 amide bonds. The quantitative estimate of drug-likeness (QED) is 0.465. The summed E-state index contributed by atoms with van der Waals surface area (Å²) in [5.74, 6) is -0.374. The highest BCUT2D eigenvalue weighted by Crippen LogP contribution is 2.42. The van der Waals surface area contributed by atoms with E-state index in [1.807, 2.05) is 25.1 Å². The van der Waals surface area contributed by atoms with Crippen molar-refractivity contribution in [1.82, 2.24) is 0 Å². The van der Waals surface area contributed by atoms with Crippen LogP contribution < -0.4 is 10.1 Å². The largest absolute Gasteiger partial charge is 0.503 e. The van der Waals surface area contributed by atoms with E-state index in [1.54, 1.807) is 12.1 Å². The van der Waals surface area contributed by atoms with E-state index in [0.717, 1.165) is 12.0 Å². The number of hydrogen-bond donors (Lipinski definition) is 2. The molecule has 2 aromatic carbocycles. The van der Waals surface area contributed by atoms with E-state index >= 15 is 0 Å². The summed E-state index contributed by atoms with van der Waals surface area (Å²) in [6, 6.07) is 10.9. The molecule has 0 aromatic heterocycles. The molecule has 0 fully saturated rings. The minimum atomic E-state index is -0.521. The van der Waals surface area contributed by atoms with Gasteiger partial charge in [-0.3, -0.25) is 4.79 Å². The van der Waals surface area contributed by atoms with Crippen LogP contribution in [0.3, 0.4) is 0 Å². The highest BCUT2D eigenvalue weighted by Gasteiger charge is 2.16. The Balaban J connectivity index is 2.33. The number of anilines is 1. The van der Waals surface area contributed by atoms with Gasteiger partial charge in [0.05, 0.1) is 11.6 Å². The number of nitrogens with zero attached hydrogens (tertiary/aromatic N) is 1. The topological polar surface area (TPSA) is 82.4 Å². The summed E-state index contributed by atoms with van der Waals surface area (Å²) in [5.41, 5.74) is 2.20. The van der Waals surface area contributed by atoms with Crippen molar-refractivity contribution in [3.63, 3.8) is 0 Å². The number of carbonyl (C=O) groups excluding carboxylic acids is 1. The van der Waals surface area contributed by atoms with Gasteiger partial charge in [-0.1, -0.05) is 19.1 Å². The fourth-order valence-corrected chi connectivity index (χ4v) is 3.04. The summed E-state index contributed by atoms with van der Waals surface area (Å²) in [7, 11) is 1.42. The predicted molar refractivity (Wildman–Crippen MR) is 108 cm³/mol. The number of aryl methyl sites for hydroxylation is 1. The van der Waals surface area contributed by atoms with Gasteiger partial charge in [-0.25, -0.2) is 0 Å². The van der Waals surface area contributed by atoms with E-state index in [2.05, 4.69) is 37.2 Å². The minimum Gasteiger partial charge on any atom is -0.503 e. The number of methoxy groups -OCH3 is 1. The lowest BCUT2D eigenvalue weighted by Gasteiger charge is -2.10. The highest BCUT2D eigenvalue weighted by atomic mass is 79.9. The molecule has 26 heavy (non-hydrogen) atoms. The zero-order chi connectivity index (χ0) is 19.3. The molecule has 0 radical (unpaired) electrons. The van der Waals surface area contributed by atoms with Crippen LogP contribution in [0.5, 0.6) is 11.5 Å². The number of nitrogens with one attached hydrogen (secondary N) is 1. The monoisotopic (exact) mass is 478 g/mol. The third kappa shape index (κ3) is 4.45. The number of nitriles is 1. The second-order valence-electron chi connectivity index (χ2n) is 5.32. The van der Waals surface area contributed by atoms with Gasteiger partial charge in [-0.2, -0.15) is 5.26 Å². The van der Waals surface area contributed by atoms with Crippen LogP contribution in [-0.4, -0.2) is 18.1 Å². The van der Waals surface area contributed by atoms with Crippen molar-refractivity contribution in [2.45, 2.75) is 13.3 Å². The number of amides is 1. The molecule has 0 aliphatic rings. The molecule has 2 rings (SSSR count). The maximum absolute atomic E-state index is 12.4. The zero-order valence-electron chi connectivity index (χ0n) is 14.1. The van der Waals surface area contributed by atoms with Crippen molar-refractivity contribution in [1.29, 1.82) is 5.26 Å². The van der Waals surface area contributed by atoms with Crippen LogP contribution >= 0.6 is 31.9 Å². The summed E-state index contributed by atoms with van der Waals surface area (Å²) in [4.78, 5) is 12.4. The number of phenolic OH excluding ortho intramolecular Hbond substituents is 1. The normalized spacial score (nSPS) is 11.0. The van der Waals surface area contributed by atoms with Crippen molar-refractivity contribution >= 4 is 49.5 Å². The number of benzene rings is 2. The third-order valence-electron chi connectivity index (χ3n) is 3.68. The highest BCUT2D eigenvalue weighted by molar-refractivity contribution is 9.13. The maximum atomic E-state index is 12.4. The maximum Gasteiger partial charge on any atom is 0.266 e. The second-order valence-corrected chi connectivity index (χ2v) is 6.91. The first-order valence-corrected chi connectivity index (χ1v) is 9.26. The van der Waals surface area contributed by atoms with Gasteiger partial charge in [-0.05, 0) is 73.7 Å². The van der Waals surface area contributed by atoms with Gasteiger partial charge in [0.15, 0.2) is 11.5 Å². The lowest BCUT2D eigenvalue weighted by Crippen LogP contribution is -2.13. The molecule has 2 N–H and O–H groups in total. The van der Waals surface area contributed by atoms with Gasteiger partial charge in [0.1, 0.15) is 11.6 Å². The van der Waals surface area contributed by atoms with Gasteiger partial charge in [0.25, 0.3) is 5.91 Å². The lowest BCUT2D eigenvalue weighted by atomic mass is 10.1. The Morgan fingerprint density at radius 1 is 1.31 bits per heavy atom. The molecule has 0 unspecified atom stereocenters. The number of rotatable bonds is 5. The SMILES string of the molecule is CCc1ccc(NC(=O)C(C#N)=Cc2cc(OC)c(O)c(Br)c2Br)cc1. The van der Waals surface area contributed by atoms with Crippen LogP contribution in [0.4, 0.5) is 5.69 Å². The fraction of sp³-hybridized carbons (Fsp3) is 0.158. The fourth-order valence-electron chi connectivity index (χ4n) is 2.20. The van der Waals surface area contributed by atoms with Crippen LogP contribution in [0.25, 0.3) is 6.08 Å². The van der Waals surface area contributed by atoms with Crippen LogP contribution in [0.2, 0.25) is 0 Å². The minimum absolute atomic E-state index is 0.0736. The zero-order valence-corrected chi connectivity index (χ0v) is 17.3. The summed E-state index contributed by atoms with van der Waals surface area (Å²) in [6.45, 7) is 2.05. The molecule has 0 heterocycles. The Morgan fingerprint density at radius 2 is 1.96 bits per heavy atom. The number of hydrogen-bond acceptors (Lipinski definition) is 4. The number of aromatic hydroxyl groups is 1. The van der Waals surface area contributed by atoms with Gasteiger partial charge >= 0.3 is 0 Å². The average Bonchev–Trinajstić information content (AvgIpc) is 2.66. The van der Waals surface area contributed by atoms with E-state index in [1.165, 1.54) is 19.3 Å². The van der Waals surface area contributed by atoms with Gasteiger partial charge in [0.2, 0.25) is 0 Å². The Morgan fingerprint density at radius 3 is 2.50 bits per heavy atom. The summed E-state index contributed by atoms with van der Waals surface area (Å²) >= 11 is 6.58. The standard InChI is InChI=1S/C19H16Br2N2O3/c1-3-11-4-6-14(7-5-11)23-19(25)13(10-22)8-12-9-15(26-2)18(24)17(21)16(12)20/h4-9,24H,3H2,1-2H3,(H,23,25). The Kier molecular flexibility index (Phi) is 6.83. The Bertz CT molecular complexity index is 900. The number of carbonyl (C=O) groups is 1. The van der Waals surface area contributed by atoms with Crippen LogP contribution in [-0.2, 0) is 11.2 Å². The van der Waals surface area contributed by atoms with Gasteiger partial charge in [-0.15, -0.1) is 0 Å². The molecule has 2 aromatic rings. The number of ether oxygens (including phenoxy) is 1. The van der Waals surface area contributed by atoms with Gasteiger partial charge < -0.3 is 15.2 Å². The summed E-state index contributed by atoms with van der Waals surface area (Å²) in [5, 5.41) is 22.0. The molecular formula is C19H16Br2N2O3. The molecule has 0 saturated heterocycles. The lowest BCUT2D eigenvalue weighted by molar-refractivity contribution is -0.112. The molecule has 0 aliphatic heterocycles. The molecule has 7 heteroatoms. The van der Waals surface area contributed by atoms with Crippen molar-refractivity contribution in [2.24, 2.45) is 0 Å². The molecule has 0 spiro atoms. The van der Waals surface area contributed by atoms with E-state index in [4.69, 9.17) is 4.74 Å².